The minimum Gasteiger partial charge on any atom is -0.469 e. The van der Waals surface area contributed by atoms with E-state index in [1.165, 1.54) is 30.2 Å². The normalized spacial score (nSPS) is 11.8. The van der Waals surface area contributed by atoms with Crippen LogP contribution < -0.4 is 0 Å². The first-order valence-electron chi connectivity index (χ1n) is 6.23. The maximum atomic E-state index is 13.6. The zero-order valence-corrected chi connectivity index (χ0v) is 11.5. The number of rotatable bonds is 6. The Morgan fingerprint density at radius 1 is 1.40 bits per heavy atom. The smallest absolute Gasteiger partial charge is 0.310 e. The highest BCUT2D eigenvalue weighted by Crippen LogP contribution is 2.12. The average molecular weight is 283 g/mol. The molecule has 0 saturated carbocycles. The van der Waals surface area contributed by atoms with Crippen molar-refractivity contribution >= 4 is 11.9 Å². The number of methoxy groups -OCH3 is 1. The highest BCUT2D eigenvalue weighted by molar-refractivity contribution is 5.94. The van der Waals surface area contributed by atoms with E-state index in [1.807, 2.05) is 0 Å². The zero-order valence-electron chi connectivity index (χ0n) is 11.5. The van der Waals surface area contributed by atoms with Crippen molar-refractivity contribution in [2.24, 2.45) is 5.92 Å². The Kier molecular flexibility index (Phi) is 6.11. The molecule has 0 heterocycles. The van der Waals surface area contributed by atoms with Crippen molar-refractivity contribution in [1.29, 1.82) is 0 Å². The van der Waals surface area contributed by atoms with Gasteiger partial charge in [0, 0.05) is 13.1 Å². The summed E-state index contributed by atoms with van der Waals surface area (Å²) in [7, 11) is 1.26. The lowest BCUT2D eigenvalue weighted by atomic mass is 10.1. The standard InChI is InChI=1S/C14H18FNO4/c1-10(14(19)20-2)9-16(7-8-17)13(18)11-5-3-4-6-12(11)15/h3-6,10,17H,7-9H2,1-2H3. The number of nitrogens with zero attached hydrogens (tertiary/aromatic N) is 1. The molecule has 1 aromatic carbocycles. The van der Waals surface area contributed by atoms with E-state index in [4.69, 9.17) is 5.11 Å². The van der Waals surface area contributed by atoms with Crippen LogP contribution in [0.4, 0.5) is 4.39 Å². The molecule has 0 aliphatic carbocycles. The van der Waals surface area contributed by atoms with E-state index in [0.29, 0.717) is 0 Å². The van der Waals surface area contributed by atoms with Gasteiger partial charge < -0.3 is 14.7 Å². The first-order chi connectivity index (χ1) is 9.51. The van der Waals surface area contributed by atoms with Crippen LogP contribution in [0.15, 0.2) is 24.3 Å². The summed E-state index contributed by atoms with van der Waals surface area (Å²) in [6.45, 7) is 1.41. The third kappa shape index (κ3) is 4.03. The second-order valence-corrected chi connectivity index (χ2v) is 4.38. The van der Waals surface area contributed by atoms with E-state index >= 15 is 0 Å². The van der Waals surface area contributed by atoms with Crippen LogP contribution in [0.2, 0.25) is 0 Å². The number of benzene rings is 1. The Labute approximate surface area is 117 Å². The number of hydrogen-bond donors (Lipinski definition) is 1. The highest BCUT2D eigenvalue weighted by Gasteiger charge is 2.23. The number of halogens is 1. The summed E-state index contributed by atoms with van der Waals surface area (Å²) in [5.74, 6) is -2.21. The molecule has 20 heavy (non-hydrogen) atoms. The fourth-order valence-corrected chi connectivity index (χ4v) is 1.81. The van der Waals surface area contributed by atoms with Gasteiger partial charge in [-0.05, 0) is 12.1 Å². The van der Waals surface area contributed by atoms with Crippen molar-refractivity contribution in [3.8, 4) is 0 Å². The fourth-order valence-electron chi connectivity index (χ4n) is 1.81. The van der Waals surface area contributed by atoms with E-state index in [9.17, 15) is 14.0 Å². The molecular formula is C14H18FNO4. The van der Waals surface area contributed by atoms with E-state index in [-0.39, 0.29) is 25.3 Å². The Morgan fingerprint density at radius 3 is 2.60 bits per heavy atom. The number of hydrogen-bond acceptors (Lipinski definition) is 4. The quantitative estimate of drug-likeness (QED) is 0.793. The number of ether oxygens (including phenoxy) is 1. The maximum Gasteiger partial charge on any atom is 0.310 e. The van der Waals surface area contributed by atoms with Crippen LogP contribution in [0.5, 0.6) is 0 Å². The van der Waals surface area contributed by atoms with Crippen molar-refractivity contribution in [2.75, 3.05) is 26.8 Å². The summed E-state index contributed by atoms with van der Waals surface area (Å²) in [5.41, 5.74) is -0.0852. The molecule has 0 aliphatic rings. The molecule has 0 fully saturated rings. The van der Waals surface area contributed by atoms with Gasteiger partial charge in [0.25, 0.3) is 5.91 Å². The van der Waals surface area contributed by atoms with Gasteiger partial charge in [0.05, 0.1) is 25.2 Å². The monoisotopic (exact) mass is 283 g/mol. The summed E-state index contributed by atoms with van der Waals surface area (Å²) in [6.07, 6.45) is 0. The van der Waals surface area contributed by atoms with Crippen molar-refractivity contribution in [1.82, 2.24) is 4.90 Å². The van der Waals surface area contributed by atoms with Gasteiger partial charge in [-0.15, -0.1) is 0 Å². The van der Waals surface area contributed by atoms with E-state index in [0.717, 1.165) is 0 Å². The summed E-state index contributed by atoms with van der Waals surface area (Å²) < 4.78 is 18.2. The third-order valence-electron chi connectivity index (χ3n) is 2.86. The van der Waals surface area contributed by atoms with Crippen molar-refractivity contribution in [2.45, 2.75) is 6.92 Å². The molecule has 1 N–H and O–H groups in total. The topological polar surface area (TPSA) is 66.8 Å². The number of amides is 1. The van der Waals surface area contributed by atoms with Crippen LogP contribution in [-0.2, 0) is 9.53 Å². The summed E-state index contributed by atoms with van der Waals surface area (Å²) >= 11 is 0. The lowest BCUT2D eigenvalue weighted by Gasteiger charge is -2.24. The van der Waals surface area contributed by atoms with Crippen molar-refractivity contribution in [3.63, 3.8) is 0 Å². The largest absolute Gasteiger partial charge is 0.469 e. The molecule has 1 rings (SSSR count). The summed E-state index contributed by atoms with van der Waals surface area (Å²) in [4.78, 5) is 24.8. The van der Waals surface area contributed by atoms with E-state index in [2.05, 4.69) is 4.74 Å². The Balaban J connectivity index is 2.88. The van der Waals surface area contributed by atoms with Gasteiger partial charge >= 0.3 is 5.97 Å². The number of carbonyl (C=O) groups is 2. The molecule has 0 aliphatic heterocycles. The zero-order chi connectivity index (χ0) is 15.1. The molecule has 0 aromatic heterocycles. The minimum atomic E-state index is -0.633. The van der Waals surface area contributed by atoms with Crippen LogP contribution in [-0.4, -0.2) is 48.7 Å². The van der Waals surface area contributed by atoms with Gasteiger partial charge in [0.15, 0.2) is 0 Å². The molecule has 1 aromatic rings. The first-order valence-corrected chi connectivity index (χ1v) is 6.23. The minimum absolute atomic E-state index is 0.0223. The van der Waals surface area contributed by atoms with Crippen LogP contribution in [0, 0.1) is 11.7 Å². The molecule has 5 nitrogen and oxygen atoms in total. The van der Waals surface area contributed by atoms with Gasteiger partial charge in [-0.1, -0.05) is 19.1 Å². The molecular weight excluding hydrogens is 265 g/mol. The first kappa shape index (κ1) is 16.1. The third-order valence-corrected chi connectivity index (χ3v) is 2.86. The maximum absolute atomic E-state index is 13.6. The molecule has 0 bridgehead atoms. The molecule has 1 atom stereocenters. The number of aliphatic hydroxyl groups excluding tert-OH is 1. The van der Waals surface area contributed by atoms with Crippen LogP contribution in [0.25, 0.3) is 0 Å². The molecule has 110 valence electrons. The van der Waals surface area contributed by atoms with E-state index < -0.39 is 23.6 Å². The Bertz CT molecular complexity index is 478. The van der Waals surface area contributed by atoms with Crippen molar-refractivity contribution < 1.29 is 23.8 Å². The second-order valence-electron chi connectivity index (χ2n) is 4.38. The number of carbonyl (C=O) groups excluding carboxylic acids is 2. The lowest BCUT2D eigenvalue weighted by molar-refractivity contribution is -0.145. The van der Waals surface area contributed by atoms with Crippen molar-refractivity contribution in [3.05, 3.63) is 35.6 Å². The van der Waals surface area contributed by atoms with Gasteiger partial charge in [-0.2, -0.15) is 0 Å². The SMILES string of the molecule is COC(=O)C(C)CN(CCO)C(=O)c1ccccc1F. The van der Waals surface area contributed by atoms with Gasteiger partial charge in [0.1, 0.15) is 5.82 Å². The summed E-state index contributed by atoms with van der Waals surface area (Å²) in [5, 5.41) is 9.01. The Hall–Kier alpha value is -1.95. The Morgan fingerprint density at radius 2 is 2.05 bits per heavy atom. The van der Waals surface area contributed by atoms with Crippen LogP contribution >= 0.6 is 0 Å². The van der Waals surface area contributed by atoms with E-state index in [1.54, 1.807) is 13.0 Å². The second kappa shape index (κ2) is 7.59. The predicted octanol–water partition coefficient (Wildman–Crippen LogP) is 1.07. The molecule has 6 heteroatoms. The molecule has 0 radical (unpaired) electrons. The lowest BCUT2D eigenvalue weighted by Crippen LogP contribution is -2.39. The molecule has 1 unspecified atom stereocenters. The number of aliphatic hydroxyl groups is 1. The molecule has 1 amide bonds. The average Bonchev–Trinajstić information content (AvgIpc) is 2.45. The molecule has 0 spiro atoms. The van der Waals surface area contributed by atoms with Crippen LogP contribution in [0.3, 0.4) is 0 Å². The molecule has 0 saturated heterocycles. The van der Waals surface area contributed by atoms with Crippen LogP contribution in [0.1, 0.15) is 17.3 Å². The predicted molar refractivity (Wildman–Crippen MR) is 70.6 cm³/mol. The van der Waals surface area contributed by atoms with Gasteiger partial charge in [-0.3, -0.25) is 9.59 Å². The fraction of sp³-hybridized carbons (Fsp3) is 0.429. The highest BCUT2D eigenvalue weighted by atomic mass is 19.1. The summed E-state index contributed by atoms with van der Waals surface area (Å²) in [6, 6.07) is 5.59. The van der Waals surface area contributed by atoms with Gasteiger partial charge in [0.2, 0.25) is 0 Å². The number of esters is 1. The van der Waals surface area contributed by atoms with Gasteiger partial charge in [-0.25, -0.2) is 4.39 Å².